The molecule has 0 amide bonds. The third-order valence-electron chi connectivity index (χ3n) is 7.77. The molecule has 3 aromatic carbocycles. The van der Waals surface area contributed by atoms with Gasteiger partial charge in [-0.25, -0.2) is 4.39 Å². The van der Waals surface area contributed by atoms with E-state index in [1.54, 1.807) is 12.1 Å². The summed E-state index contributed by atoms with van der Waals surface area (Å²) in [5.41, 5.74) is 14.6. The fraction of sp³-hybridized carbons (Fsp3) is 0.273. The van der Waals surface area contributed by atoms with Crippen LogP contribution in [0.25, 0.3) is 0 Å². The number of anilines is 1. The van der Waals surface area contributed by atoms with Crippen LogP contribution in [-0.2, 0) is 17.8 Å². The highest BCUT2D eigenvalue weighted by Crippen LogP contribution is 2.47. The smallest absolute Gasteiger partial charge is 0.161 e. The average Bonchev–Trinajstić information content (AvgIpc) is 2.93. The number of hydrogen-bond donors (Lipinski definition) is 1. The van der Waals surface area contributed by atoms with Gasteiger partial charge in [0.05, 0.1) is 23.2 Å². The van der Waals surface area contributed by atoms with Crippen molar-refractivity contribution in [2.24, 2.45) is 5.73 Å². The molecule has 2 N–H and O–H groups in total. The molecule has 0 spiro atoms. The fourth-order valence-corrected chi connectivity index (χ4v) is 5.78. The van der Waals surface area contributed by atoms with Gasteiger partial charge in [-0.15, -0.1) is 0 Å². The molecule has 6 heteroatoms. The van der Waals surface area contributed by atoms with Crippen LogP contribution in [0.1, 0.15) is 59.9 Å². The first-order valence-electron chi connectivity index (χ1n) is 13.4. The maximum atomic E-state index is 13.6. The van der Waals surface area contributed by atoms with Crippen molar-refractivity contribution >= 4 is 11.5 Å². The summed E-state index contributed by atoms with van der Waals surface area (Å²) in [6.07, 6.45) is 2.70. The molecule has 1 aliphatic carbocycles. The maximum absolute atomic E-state index is 13.6. The first-order chi connectivity index (χ1) is 18.8. The molecule has 5 rings (SSSR count). The zero-order chi connectivity index (χ0) is 27.7. The van der Waals surface area contributed by atoms with E-state index in [9.17, 15) is 14.4 Å². The Morgan fingerprint density at radius 1 is 1.05 bits per heavy atom. The lowest BCUT2D eigenvalue weighted by Gasteiger charge is -2.40. The van der Waals surface area contributed by atoms with Crippen LogP contribution in [0.2, 0.25) is 0 Å². The van der Waals surface area contributed by atoms with E-state index in [2.05, 4.69) is 25.1 Å². The molecule has 0 aromatic heterocycles. The molecule has 1 aliphatic heterocycles. The molecule has 198 valence electrons. The Balaban J connectivity index is 1.64. The number of benzene rings is 3. The topological polar surface area (TPSA) is 79.3 Å². The molecule has 1 unspecified atom stereocenters. The van der Waals surface area contributed by atoms with Crippen molar-refractivity contribution in [2.75, 3.05) is 4.90 Å². The summed E-state index contributed by atoms with van der Waals surface area (Å²) in [5, 5.41) is 10.4. The van der Waals surface area contributed by atoms with Crippen LogP contribution < -0.4 is 15.4 Å². The summed E-state index contributed by atoms with van der Waals surface area (Å²) >= 11 is 0. The van der Waals surface area contributed by atoms with E-state index >= 15 is 0 Å². The number of allylic oxidation sites excluding steroid dienone is 3. The molecule has 2 aliphatic rings. The third-order valence-corrected chi connectivity index (χ3v) is 7.77. The minimum atomic E-state index is -0.548. The van der Waals surface area contributed by atoms with Crippen molar-refractivity contribution in [3.8, 4) is 11.8 Å². The molecule has 0 radical (unpaired) electrons. The standard InChI is InChI=1S/C33H32FN3O2/c1-4-22-8-5-6-9-28(22)37-29-10-7-11-30(38)32(29)31(27(18-35)33(37)36)26-17-23(20(2)16-21(26)3)19-39-25-14-12-24(34)13-15-25/h5-6,8-9,12-17,31H,4,7,10-11,19,36H2,1-3H3. The number of aryl methyl sites for hydroxylation is 3. The van der Waals surface area contributed by atoms with Crippen LogP contribution in [0.5, 0.6) is 5.75 Å². The van der Waals surface area contributed by atoms with E-state index in [0.717, 1.165) is 52.0 Å². The Morgan fingerprint density at radius 2 is 1.79 bits per heavy atom. The highest BCUT2D eigenvalue weighted by atomic mass is 19.1. The number of ether oxygens (including phenoxy) is 1. The predicted octanol–water partition coefficient (Wildman–Crippen LogP) is 6.89. The molecule has 0 fully saturated rings. The fourth-order valence-electron chi connectivity index (χ4n) is 5.78. The minimum absolute atomic E-state index is 0.0598. The van der Waals surface area contributed by atoms with Crippen LogP contribution in [0, 0.1) is 31.0 Å². The van der Waals surface area contributed by atoms with Gasteiger partial charge in [0.25, 0.3) is 0 Å². The molecule has 39 heavy (non-hydrogen) atoms. The number of carbonyl (C=O) groups is 1. The number of nitrogens with two attached hydrogens (primary N) is 1. The van der Waals surface area contributed by atoms with E-state index in [0.29, 0.717) is 35.6 Å². The van der Waals surface area contributed by atoms with E-state index in [-0.39, 0.29) is 18.2 Å². The summed E-state index contributed by atoms with van der Waals surface area (Å²) in [4.78, 5) is 15.5. The molecule has 5 nitrogen and oxygen atoms in total. The van der Waals surface area contributed by atoms with Crippen LogP contribution in [0.3, 0.4) is 0 Å². The molecular weight excluding hydrogens is 489 g/mol. The van der Waals surface area contributed by atoms with Gasteiger partial charge in [-0.05, 0) is 91.3 Å². The molecule has 1 atom stereocenters. The highest BCUT2D eigenvalue weighted by molar-refractivity contribution is 6.01. The lowest BCUT2D eigenvalue weighted by atomic mass is 9.74. The number of nitrogens with zero attached hydrogens (tertiary/aromatic N) is 2. The number of rotatable bonds is 6. The molecule has 3 aromatic rings. The van der Waals surface area contributed by atoms with Gasteiger partial charge < -0.3 is 10.5 Å². The van der Waals surface area contributed by atoms with Gasteiger partial charge in [-0.1, -0.05) is 37.3 Å². The number of nitriles is 1. The van der Waals surface area contributed by atoms with Gasteiger partial charge in [0.15, 0.2) is 5.78 Å². The van der Waals surface area contributed by atoms with E-state index in [4.69, 9.17) is 10.5 Å². The Bertz CT molecular complexity index is 1550. The van der Waals surface area contributed by atoms with Crippen molar-refractivity contribution in [2.45, 2.75) is 59.0 Å². The van der Waals surface area contributed by atoms with E-state index in [1.165, 1.54) is 12.1 Å². The third kappa shape index (κ3) is 4.81. The first-order valence-corrected chi connectivity index (χ1v) is 13.4. The largest absolute Gasteiger partial charge is 0.489 e. The number of halogens is 1. The number of Topliss-reactive ketones (excluding diaryl/α,β-unsaturated/α-hetero) is 1. The summed E-state index contributed by atoms with van der Waals surface area (Å²) in [6.45, 7) is 6.37. The molecule has 0 saturated heterocycles. The number of ketones is 1. The SMILES string of the molecule is CCc1ccccc1N1C(N)=C(C#N)C(c2cc(COc3ccc(F)cc3)c(C)cc2C)C2=C1CCCC2=O. The van der Waals surface area contributed by atoms with Crippen LogP contribution in [-0.4, -0.2) is 5.78 Å². The van der Waals surface area contributed by atoms with E-state index < -0.39 is 5.92 Å². The summed E-state index contributed by atoms with van der Waals surface area (Å²) in [5.74, 6) is 0.132. The van der Waals surface area contributed by atoms with Gasteiger partial charge in [-0.3, -0.25) is 9.69 Å². The zero-order valence-electron chi connectivity index (χ0n) is 22.6. The quantitative estimate of drug-likeness (QED) is 0.382. The van der Waals surface area contributed by atoms with Gasteiger partial charge in [0.1, 0.15) is 24.0 Å². The molecule has 0 saturated carbocycles. The Kier molecular flexibility index (Phi) is 7.26. The van der Waals surface area contributed by atoms with Crippen molar-refractivity contribution in [1.82, 2.24) is 0 Å². The Hall–Kier alpha value is -4.37. The monoisotopic (exact) mass is 521 g/mol. The summed E-state index contributed by atoms with van der Waals surface area (Å²) < 4.78 is 19.3. The first kappa shape index (κ1) is 26.2. The second-order valence-corrected chi connectivity index (χ2v) is 10.2. The van der Waals surface area contributed by atoms with Crippen molar-refractivity contribution in [3.63, 3.8) is 0 Å². The number of para-hydroxylation sites is 1. The second kappa shape index (κ2) is 10.8. The number of hydrogen-bond acceptors (Lipinski definition) is 5. The summed E-state index contributed by atoms with van der Waals surface area (Å²) in [7, 11) is 0. The second-order valence-electron chi connectivity index (χ2n) is 10.2. The Morgan fingerprint density at radius 3 is 2.51 bits per heavy atom. The van der Waals surface area contributed by atoms with Crippen molar-refractivity contribution < 1.29 is 13.9 Å². The van der Waals surface area contributed by atoms with Crippen LogP contribution in [0.4, 0.5) is 10.1 Å². The number of carbonyl (C=O) groups excluding carboxylic acids is 1. The molecule has 1 heterocycles. The van der Waals surface area contributed by atoms with Gasteiger partial charge in [-0.2, -0.15) is 5.26 Å². The predicted molar refractivity (Wildman–Crippen MR) is 150 cm³/mol. The van der Waals surface area contributed by atoms with Crippen LogP contribution >= 0.6 is 0 Å². The van der Waals surface area contributed by atoms with E-state index in [1.807, 2.05) is 43.0 Å². The van der Waals surface area contributed by atoms with Crippen LogP contribution in [0.15, 0.2) is 83.3 Å². The normalized spacial score (nSPS) is 17.3. The lowest BCUT2D eigenvalue weighted by Crippen LogP contribution is -2.39. The minimum Gasteiger partial charge on any atom is -0.489 e. The van der Waals surface area contributed by atoms with Crippen molar-refractivity contribution in [3.05, 3.63) is 117 Å². The highest BCUT2D eigenvalue weighted by Gasteiger charge is 2.41. The summed E-state index contributed by atoms with van der Waals surface area (Å²) in [6, 6.07) is 20.4. The Labute approximate surface area is 229 Å². The zero-order valence-corrected chi connectivity index (χ0v) is 22.6. The maximum Gasteiger partial charge on any atom is 0.161 e. The molecule has 0 bridgehead atoms. The average molecular weight is 522 g/mol. The van der Waals surface area contributed by atoms with Crippen molar-refractivity contribution in [1.29, 1.82) is 5.26 Å². The van der Waals surface area contributed by atoms with Gasteiger partial charge >= 0.3 is 0 Å². The van der Waals surface area contributed by atoms with Gasteiger partial charge in [0, 0.05) is 17.7 Å². The van der Waals surface area contributed by atoms with Gasteiger partial charge in [0.2, 0.25) is 0 Å². The lowest BCUT2D eigenvalue weighted by molar-refractivity contribution is -0.116. The molecular formula is C33H32FN3O2.